The van der Waals surface area contributed by atoms with E-state index in [1.54, 1.807) is 18.2 Å². The predicted octanol–water partition coefficient (Wildman–Crippen LogP) is 2.80. The minimum atomic E-state index is -0.338. The summed E-state index contributed by atoms with van der Waals surface area (Å²) in [5.41, 5.74) is 5.67. The van der Waals surface area contributed by atoms with Crippen LogP contribution in [-0.4, -0.2) is 11.4 Å². The van der Waals surface area contributed by atoms with Gasteiger partial charge in [0, 0.05) is 5.02 Å². The van der Waals surface area contributed by atoms with Crippen molar-refractivity contribution in [2.24, 2.45) is 5.73 Å². The molecule has 3 nitrogen and oxygen atoms in total. The summed E-state index contributed by atoms with van der Waals surface area (Å²) in [5.74, 6) is 0.522. The van der Waals surface area contributed by atoms with Gasteiger partial charge >= 0.3 is 0 Å². The van der Waals surface area contributed by atoms with Gasteiger partial charge in [-0.15, -0.1) is 0 Å². The molecule has 0 atom stereocenters. The van der Waals surface area contributed by atoms with Crippen molar-refractivity contribution in [2.75, 3.05) is 0 Å². The fraction of sp³-hybridized carbons (Fsp3) is 0.364. The topological polar surface area (TPSA) is 59.1 Å². The van der Waals surface area contributed by atoms with E-state index in [9.17, 15) is 0 Å². The zero-order chi connectivity index (χ0) is 11.6. The lowest BCUT2D eigenvalue weighted by Gasteiger charge is -2.23. The van der Waals surface area contributed by atoms with Crippen molar-refractivity contribution in [3.63, 3.8) is 0 Å². The summed E-state index contributed by atoms with van der Waals surface area (Å²) in [5, 5.41) is 7.98. The Bertz CT molecular complexity index is 383. The Hall–Kier alpha value is -1.22. The normalized spacial score (nSPS) is 11.2. The number of benzene rings is 1. The largest absolute Gasteiger partial charge is 0.487 e. The molecule has 0 aromatic heterocycles. The van der Waals surface area contributed by atoms with Gasteiger partial charge in [0.25, 0.3) is 0 Å². The Morgan fingerprint density at radius 2 is 2.00 bits per heavy atom. The van der Waals surface area contributed by atoms with Gasteiger partial charge < -0.3 is 10.5 Å². The SMILES string of the molecule is CC(C)(C)Oc1cc(Cl)ccc1C(=N)N. The van der Waals surface area contributed by atoms with E-state index in [1.807, 2.05) is 20.8 Å². The Kier molecular flexibility index (Phi) is 3.25. The van der Waals surface area contributed by atoms with E-state index in [0.717, 1.165) is 0 Å². The van der Waals surface area contributed by atoms with Gasteiger partial charge in [-0.1, -0.05) is 11.6 Å². The molecule has 0 bridgehead atoms. The van der Waals surface area contributed by atoms with Crippen LogP contribution in [-0.2, 0) is 0 Å². The molecule has 15 heavy (non-hydrogen) atoms. The molecule has 0 amide bonds. The summed E-state index contributed by atoms with van der Waals surface area (Å²) >= 11 is 5.86. The molecule has 0 spiro atoms. The van der Waals surface area contributed by atoms with Gasteiger partial charge in [-0.3, -0.25) is 5.41 Å². The number of halogens is 1. The minimum absolute atomic E-state index is 0.0223. The maximum absolute atomic E-state index is 7.41. The van der Waals surface area contributed by atoms with Gasteiger partial charge in [0.15, 0.2) is 0 Å². The first-order valence-corrected chi connectivity index (χ1v) is 5.00. The second kappa shape index (κ2) is 4.11. The molecule has 0 saturated heterocycles. The smallest absolute Gasteiger partial charge is 0.132 e. The van der Waals surface area contributed by atoms with Crippen LogP contribution in [0.25, 0.3) is 0 Å². The number of hydrogen-bond acceptors (Lipinski definition) is 2. The number of amidine groups is 1. The van der Waals surface area contributed by atoms with Crippen molar-refractivity contribution in [1.82, 2.24) is 0 Å². The summed E-state index contributed by atoms with van der Waals surface area (Å²) in [7, 11) is 0. The second-order valence-corrected chi connectivity index (χ2v) is 4.71. The highest BCUT2D eigenvalue weighted by Crippen LogP contribution is 2.26. The third kappa shape index (κ3) is 3.44. The van der Waals surface area contributed by atoms with Crippen molar-refractivity contribution >= 4 is 17.4 Å². The quantitative estimate of drug-likeness (QED) is 0.602. The number of nitrogens with one attached hydrogen (secondary N) is 1. The van der Waals surface area contributed by atoms with E-state index < -0.39 is 0 Å². The molecule has 0 fully saturated rings. The molecule has 4 heteroatoms. The molecular weight excluding hydrogens is 212 g/mol. The average molecular weight is 227 g/mol. The summed E-state index contributed by atoms with van der Waals surface area (Å²) in [6.45, 7) is 5.79. The zero-order valence-corrected chi connectivity index (χ0v) is 9.85. The molecule has 0 heterocycles. The van der Waals surface area contributed by atoms with Crippen LogP contribution >= 0.6 is 11.6 Å². The third-order valence-corrected chi connectivity index (χ3v) is 1.89. The lowest BCUT2D eigenvalue weighted by atomic mass is 10.1. The van der Waals surface area contributed by atoms with Crippen molar-refractivity contribution in [2.45, 2.75) is 26.4 Å². The zero-order valence-electron chi connectivity index (χ0n) is 9.10. The van der Waals surface area contributed by atoms with Crippen LogP contribution in [0.3, 0.4) is 0 Å². The first kappa shape index (κ1) is 11.9. The average Bonchev–Trinajstić information content (AvgIpc) is 1.99. The van der Waals surface area contributed by atoms with E-state index in [2.05, 4.69) is 0 Å². The van der Waals surface area contributed by atoms with Crippen molar-refractivity contribution in [3.8, 4) is 5.75 Å². The maximum Gasteiger partial charge on any atom is 0.132 e. The summed E-state index contributed by atoms with van der Waals surface area (Å²) in [4.78, 5) is 0. The third-order valence-electron chi connectivity index (χ3n) is 1.65. The van der Waals surface area contributed by atoms with Crippen molar-refractivity contribution in [1.29, 1.82) is 5.41 Å². The van der Waals surface area contributed by atoms with Gasteiger partial charge in [0.2, 0.25) is 0 Å². The highest BCUT2D eigenvalue weighted by molar-refractivity contribution is 6.30. The van der Waals surface area contributed by atoms with Crippen LogP contribution in [0.1, 0.15) is 26.3 Å². The van der Waals surface area contributed by atoms with E-state index >= 15 is 0 Å². The van der Waals surface area contributed by atoms with Crippen LogP contribution in [0.15, 0.2) is 18.2 Å². The van der Waals surface area contributed by atoms with E-state index in [1.165, 1.54) is 0 Å². The summed E-state index contributed by atoms with van der Waals surface area (Å²) in [6, 6.07) is 5.04. The van der Waals surface area contributed by atoms with E-state index in [0.29, 0.717) is 16.3 Å². The number of ether oxygens (including phenoxy) is 1. The Labute approximate surface area is 94.7 Å². The van der Waals surface area contributed by atoms with Crippen LogP contribution in [0.5, 0.6) is 5.75 Å². The van der Waals surface area contributed by atoms with Crippen molar-refractivity contribution < 1.29 is 4.74 Å². The van der Waals surface area contributed by atoms with E-state index in [-0.39, 0.29) is 11.4 Å². The number of nitrogen functional groups attached to an aromatic ring is 1. The van der Waals surface area contributed by atoms with Crippen molar-refractivity contribution in [3.05, 3.63) is 28.8 Å². The standard InChI is InChI=1S/C11H15ClN2O/c1-11(2,3)15-9-6-7(12)4-5-8(9)10(13)14/h4-6H,1-3H3,(H3,13,14). The Morgan fingerprint density at radius 3 is 2.47 bits per heavy atom. The van der Waals surface area contributed by atoms with E-state index in [4.69, 9.17) is 27.5 Å². The van der Waals surface area contributed by atoms with Gasteiger partial charge in [0.05, 0.1) is 5.56 Å². The molecular formula is C11H15ClN2O. The molecule has 1 rings (SSSR count). The number of hydrogen-bond donors (Lipinski definition) is 2. The molecule has 1 aromatic carbocycles. The molecule has 3 N–H and O–H groups in total. The van der Waals surface area contributed by atoms with Gasteiger partial charge in [-0.05, 0) is 39.0 Å². The van der Waals surface area contributed by atoms with Crippen LogP contribution in [0, 0.1) is 5.41 Å². The Balaban J connectivity index is 3.13. The lowest BCUT2D eigenvalue weighted by molar-refractivity contribution is 0.130. The summed E-state index contributed by atoms with van der Waals surface area (Å²) < 4.78 is 5.67. The molecule has 82 valence electrons. The molecule has 0 saturated carbocycles. The highest BCUT2D eigenvalue weighted by Gasteiger charge is 2.16. The van der Waals surface area contributed by atoms with Crippen LogP contribution < -0.4 is 10.5 Å². The first-order valence-electron chi connectivity index (χ1n) is 4.62. The number of nitrogens with two attached hydrogens (primary N) is 1. The van der Waals surface area contributed by atoms with Crippen LogP contribution in [0.4, 0.5) is 0 Å². The monoisotopic (exact) mass is 226 g/mol. The van der Waals surface area contributed by atoms with Gasteiger partial charge in [-0.25, -0.2) is 0 Å². The van der Waals surface area contributed by atoms with Gasteiger partial charge in [-0.2, -0.15) is 0 Å². The predicted molar refractivity (Wildman–Crippen MR) is 62.8 cm³/mol. The lowest BCUT2D eigenvalue weighted by Crippen LogP contribution is -2.25. The molecule has 0 aliphatic heterocycles. The molecule has 0 aliphatic rings. The fourth-order valence-electron chi connectivity index (χ4n) is 1.13. The molecule has 0 radical (unpaired) electrons. The summed E-state index contributed by atoms with van der Waals surface area (Å²) in [6.07, 6.45) is 0. The maximum atomic E-state index is 7.41. The first-order chi connectivity index (χ1) is 6.79. The van der Waals surface area contributed by atoms with Crippen LogP contribution in [0.2, 0.25) is 5.02 Å². The highest BCUT2D eigenvalue weighted by atomic mass is 35.5. The molecule has 0 aliphatic carbocycles. The molecule has 0 unspecified atom stereocenters. The second-order valence-electron chi connectivity index (χ2n) is 4.27. The Morgan fingerprint density at radius 1 is 1.40 bits per heavy atom. The minimum Gasteiger partial charge on any atom is -0.487 e. The fourth-order valence-corrected chi connectivity index (χ4v) is 1.30. The number of rotatable bonds is 2. The molecule has 1 aromatic rings. The van der Waals surface area contributed by atoms with Gasteiger partial charge in [0.1, 0.15) is 17.2 Å².